The first kappa shape index (κ1) is 21.0. The molecule has 3 amide bonds. The van der Waals surface area contributed by atoms with E-state index in [0.29, 0.717) is 18.8 Å². The van der Waals surface area contributed by atoms with Crippen molar-refractivity contribution in [1.82, 2.24) is 10.6 Å². The highest BCUT2D eigenvalue weighted by atomic mass is 19.1. The molecular weight excluding hydrogens is 384 g/mol. The monoisotopic (exact) mass is 409 g/mol. The van der Waals surface area contributed by atoms with Gasteiger partial charge in [0, 0.05) is 30.8 Å². The highest BCUT2D eigenvalue weighted by Gasteiger charge is 2.42. The van der Waals surface area contributed by atoms with Gasteiger partial charge in [-0.25, -0.2) is 13.6 Å². The van der Waals surface area contributed by atoms with E-state index in [1.807, 2.05) is 6.92 Å². The van der Waals surface area contributed by atoms with Gasteiger partial charge in [-0.1, -0.05) is 0 Å². The summed E-state index contributed by atoms with van der Waals surface area (Å²) in [7, 11) is 0. The zero-order valence-electron chi connectivity index (χ0n) is 16.9. The van der Waals surface area contributed by atoms with Gasteiger partial charge in [0.05, 0.1) is 11.5 Å². The molecule has 0 radical (unpaired) electrons. The van der Waals surface area contributed by atoms with Crippen LogP contribution in [0.2, 0.25) is 0 Å². The second-order valence-electron chi connectivity index (χ2n) is 8.87. The van der Waals surface area contributed by atoms with Crippen molar-refractivity contribution in [2.45, 2.75) is 57.6 Å². The molecule has 7 nitrogen and oxygen atoms in total. The maximum absolute atomic E-state index is 14.7. The fraction of sp³-hybridized carbons (Fsp3) is 0.550. The highest BCUT2D eigenvalue weighted by Crippen LogP contribution is 2.35. The van der Waals surface area contributed by atoms with Gasteiger partial charge in [-0.05, 0) is 46.2 Å². The van der Waals surface area contributed by atoms with E-state index in [1.54, 1.807) is 25.7 Å². The molecule has 2 aliphatic rings. The lowest BCUT2D eigenvalue weighted by molar-refractivity contribution is -0.134. The summed E-state index contributed by atoms with van der Waals surface area (Å²) in [6.45, 7) is 7.80. The number of alkyl carbamates (subject to hydrolysis) is 1. The summed E-state index contributed by atoms with van der Waals surface area (Å²) >= 11 is 0. The van der Waals surface area contributed by atoms with Crippen LogP contribution >= 0.6 is 0 Å². The van der Waals surface area contributed by atoms with Gasteiger partial charge in [-0.3, -0.25) is 14.9 Å². The number of hydrogen-bond acceptors (Lipinski definition) is 5. The predicted molar refractivity (Wildman–Crippen MR) is 101 cm³/mol. The van der Waals surface area contributed by atoms with Gasteiger partial charge in [-0.15, -0.1) is 0 Å². The standard InChI is InChI=1S/C20H25F2N3O4/c1-19(2,3)29-18(28)24-20(4)9-25(10-20)11-7-13(21)16(14(22)8-11)12-5-6-15(26)23-17(12)27/h7-8,12H,5-6,9-10H2,1-4H3,(H,24,28)(H,23,26,27). The first-order chi connectivity index (χ1) is 13.4. The van der Waals surface area contributed by atoms with Gasteiger partial charge in [0.1, 0.15) is 17.2 Å². The Hall–Kier alpha value is -2.71. The molecule has 1 aromatic rings. The van der Waals surface area contributed by atoms with Crippen molar-refractivity contribution in [1.29, 1.82) is 0 Å². The Morgan fingerprint density at radius 2 is 1.83 bits per heavy atom. The van der Waals surface area contributed by atoms with Crippen molar-refractivity contribution in [3.63, 3.8) is 0 Å². The van der Waals surface area contributed by atoms with Gasteiger partial charge in [0.2, 0.25) is 11.8 Å². The van der Waals surface area contributed by atoms with E-state index >= 15 is 0 Å². The van der Waals surface area contributed by atoms with E-state index in [2.05, 4.69) is 10.6 Å². The van der Waals surface area contributed by atoms with Crippen molar-refractivity contribution in [3.05, 3.63) is 29.3 Å². The number of imide groups is 1. The van der Waals surface area contributed by atoms with Crippen molar-refractivity contribution in [3.8, 4) is 0 Å². The number of piperidine rings is 1. The second-order valence-corrected chi connectivity index (χ2v) is 8.87. The Bertz CT molecular complexity index is 837. The molecule has 9 heteroatoms. The van der Waals surface area contributed by atoms with E-state index < -0.39 is 46.6 Å². The molecule has 3 rings (SSSR count). The number of nitrogens with zero attached hydrogens (tertiary/aromatic N) is 1. The van der Waals surface area contributed by atoms with Crippen molar-refractivity contribution >= 4 is 23.6 Å². The molecule has 1 aromatic carbocycles. The molecule has 2 saturated heterocycles. The first-order valence-electron chi connectivity index (χ1n) is 9.46. The van der Waals surface area contributed by atoms with Gasteiger partial charge in [-0.2, -0.15) is 0 Å². The molecule has 0 aliphatic carbocycles. The van der Waals surface area contributed by atoms with Crippen LogP contribution in [0.5, 0.6) is 0 Å². The molecule has 1 atom stereocenters. The molecular formula is C20H25F2N3O4. The van der Waals surface area contributed by atoms with Gasteiger partial charge in [0.15, 0.2) is 0 Å². The van der Waals surface area contributed by atoms with Gasteiger partial charge in [0.25, 0.3) is 0 Å². The quantitative estimate of drug-likeness (QED) is 0.750. The third kappa shape index (κ3) is 4.65. The van der Waals surface area contributed by atoms with Crippen LogP contribution < -0.4 is 15.5 Å². The Balaban J connectivity index is 1.68. The lowest BCUT2D eigenvalue weighted by atomic mass is 9.88. The molecule has 29 heavy (non-hydrogen) atoms. The lowest BCUT2D eigenvalue weighted by Crippen LogP contribution is -2.69. The van der Waals surface area contributed by atoms with Crippen LogP contribution in [0.1, 0.15) is 52.0 Å². The first-order valence-corrected chi connectivity index (χ1v) is 9.46. The number of nitrogens with one attached hydrogen (secondary N) is 2. The Morgan fingerprint density at radius 3 is 2.34 bits per heavy atom. The SMILES string of the molecule is CC1(NC(=O)OC(C)(C)C)CN(c2cc(F)c(C3CCC(=O)NC3=O)c(F)c2)C1. The molecule has 2 N–H and O–H groups in total. The fourth-order valence-electron chi connectivity index (χ4n) is 3.66. The van der Waals surface area contributed by atoms with E-state index in [-0.39, 0.29) is 18.4 Å². The Labute approximate surface area is 167 Å². The van der Waals surface area contributed by atoms with Crippen molar-refractivity contribution < 1.29 is 27.9 Å². The van der Waals surface area contributed by atoms with Crippen LogP contribution in [0, 0.1) is 11.6 Å². The summed E-state index contributed by atoms with van der Waals surface area (Å²) in [6, 6.07) is 2.35. The zero-order chi connectivity index (χ0) is 21.6. The van der Waals surface area contributed by atoms with E-state index in [0.717, 1.165) is 0 Å². The summed E-state index contributed by atoms with van der Waals surface area (Å²) in [4.78, 5) is 36.9. The normalized spacial score (nSPS) is 21.3. The number of amides is 3. The minimum absolute atomic E-state index is 0.0395. The van der Waals surface area contributed by atoms with Crippen molar-refractivity contribution in [2.24, 2.45) is 0 Å². The summed E-state index contributed by atoms with van der Waals surface area (Å²) in [6.07, 6.45) is -0.442. The van der Waals surface area contributed by atoms with Crippen molar-refractivity contribution in [2.75, 3.05) is 18.0 Å². The summed E-state index contributed by atoms with van der Waals surface area (Å²) in [5.41, 5.74) is -1.21. The largest absolute Gasteiger partial charge is 0.444 e. The maximum atomic E-state index is 14.7. The third-order valence-corrected chi connectivity index (χ3v) is 4.90. The zero-order valence-corrected chi connectivity index (χ0v) is 16.9. The predicted octanol–water partition coefficient (Wildman–Crippen LogP) is 2.59. The van der Waals surface area contributed by atoms with Gasteiger partial charge < -0.3 is 15.0 Å². The number of benzene rings is 1. The topological polar surface area (TPSA) is 87.7 Å². The number of anilines is 1. The number of carbonyl (C=O) groups is 3. The minimum Gasteiger partial charge on any atom is -0.444 e. The number of rotatable bonds is 3. The number of hydrogen-bond donors (Lipinski definition) is 2. The van der Waals surface area contributed by atoms with E-state index in [1.165, 1.54) is 12.1 Å². The van der Waals surface area contributed by atoms with Crippen LogP contribution in [0.25, 0.3) is 0 Å². The fourth-order valence-corrected chi connectivity index (χ4v) is 3.66. The van der Waals surface area contributed by atoms with E-state index in [9.17, 15) is 23.2 Å². The Morgan fingerprint density at radius 1 is 1.24 bits per heavy atom. The molecule has 2 heterocycles. The van der Waals surface area contributed by atoms with Crippen LogP contribution in [-0.2, 0) is 14.3 Å². The molecule has 0 spiro atoms. The van der Waals surface area contributed by atoms with E-state index in [4.69, 9.17) is 4.74 Å². The molecule has 2 fully saturated rings. The van der Waals surface area contributed by atoms with Gasteiger partial charge >= 0.3 is 6.09 Å². The molecule has 0 saturated carbocycles. The molecule has 1 unspecified atom stereocenters. The molecule has 0 aromatic heterocycles. The maximum Gasteiger partial charge on any atom is 0.408 e. The van der Waals surface area contributed by atoms with Crippen LogP contribution in [0.15, 0.2) is 12.1 Å². The molecule has 2 aliphatic heterocycles. The molecule has 158 valence electrons. The number of ether oxygens (including phenoxy) is 1. The minimum atomic E-state index is -1.03. The third-order valence-electron chi connectivity index (χ3n) is 4.90. The number of halogens is 2. The number of carbonyl (C=O) groups excluding carboxylic acids is 3. The lowest BCUT2D eigenvalue weighted by Gasteiger charge is -2.49. The van der Waals surface area contributed by atoms with Crippen LogP contribution in [0.4, 0.5) is 19.3 Å². The van der Waals surface area contributed by atoms with Crippen LogP contribution in [0.3, 0.4) is 0 Å². The highest BCUT2D eigenvalue weighted by molar-refractivity contribution is 6.01. The average Bonchev–Trinajstić information content (AvgIpc) is 2.51. The smallest absolute Gasteiger partial charge is 0.408 e. The summed E-state index contributed by atoms with van der Waals surface area (Å²) in [5.74, 6) is -3.82. The average molecular weight is 409 g/mol. The summed E-state index contributed by atoms with van der Waals surface area (Å²) < 4.78 is 34.5. The van der Waals surface area contributed by atoms with Crippen LogP contribution in [-0.4, -0.2) is 42.1 Å². The molecule has 0 bridgehead atoms. The summed E-state index contributed by atoms with van der Waals surface area (Å²) in [5, 5.41) is 4.89. The second kappa shape index (κ2) is 7.27. The Kier molecular flexibility index (Phi) is 5.27.